The fourth-order valence-corrected chi connectivity index (χ4v) is 1.70. The van der Waals surface area contributed by atoms with E-state index in [1.165, 1.54) is 12.7 Å². The van der Waals surface area contributed by atoms with E-state index in [2.05, 4.69) is 19.2 Å². The molecule has 1 rings (SSSR count). The van der Waals surface area contributed by atoms with E-state index in [9.17, 15) is 4.79 Å². The van der Waals surface area contributed by atoms with Crippen LogP contribution in [0.4, 0.5) is 0 Å². The van der Waals surface area contributed by atoms with Crippen LogP contribution in [0.25, 0.3) is 6.08 Å². The van der Waals surface area contributed by atoms with Gasteiger partial charge in [-0.3, -0.25) is 0 Å². The standard InChI is InChI=1S/C14H21NO3/c1-9(2)11(8-15-4)6-12-7-13(10(3)18-12)14(16)17-5/h6-7,9,15H,8H2,1-5H3. The Bertz CT molecular complexity index is 444. The first-order valence-corrected chi connectivity index (χ1v) is 6.03. The number of likely N-dealkylation sites (N-methyl/N-ethyl adjacent to an activating group) is 1. The van der Waals surface area contributed by atoms with Crippen molar-refractivity contribution in [2.24, 2.45) is 5.92 Å². The zero-order valence-corrected chi connectivity index (χ0v) is 11.7. The second-order valence-corrected chi connectivity index (χ2v) is 4.51. The van der Waals surface area contributed by atoms with Crippen LogP contribution in [0.15, 0.2) is 16.1 Å². The molecule has 0 amide bonds. The Kier molecular flexibility index (Phi) is 5.16. The highest BCUT2D eigenvalue weighted by Gasteiger charge is 2.15. The predicted molar refractivity (Wildman–Crippen MR) is 71.5 cm³/mol. The van der Waals surface area contributed by atoms with Gasteiger partial charge >= 0.3 is 5.97 Å². The lowest BCUT2D eigenvalue weighted by atomic mass is 10.0. The molecule has 1 heterocycles. The number of carbonyl (C=O) groups excluding carboxylic acids is 1. The number of aryl methyl sites for hydroxylation is 1. The molecule has 0 fully saturated rings. The topological polar surface area (TPSA) is 51.5 Å². The fraction of sp³-hybridized carbons (Fsp3) is 0.500. The van der Waals surface area contributed by atoms with Crippen molar-refractivity contribution >= 4 is 12.0 Å². The van der Waals surface area contributed by atoms with Gasteiger partial charge in [0.15, 0.2) is 0 Å². The first-order valence-electron chi connectivity index (χ1n) is 6.03. The van der Waals surface area contributed by atoms with Gasteiger partial charge in [-0.05, 0) is 32.0 Å². The molecule has 1 aromatic heterocycles. The van der Waals surface area contributed by atoms with E-state index in [0.717, 1.165) is 6.54 Å². The Morgan fingerprint density at radius 1 is 1.56 bits per heavy atom. The van der Waals surface area contributed by atoms with E-state index >= 15 is 0 Å². The van der Waals surface area contributed by atoms with Gasteiger partial charge in [-0.15, -0.1) is 0 Å². The van der Waals surface area contributed by atoms with Crippen molar-refractivity contribution in [2.45, 2.75) is 20.8 Å². The Hall–Kier alpha value is -1.55. The molecule has 0 aliphatic rings. The summed E-state index contributed by atoms with van der Waals surface area (Å²) in [5.41, 5.74) is 1.71. The minimum atomic E-state index is -0.365. The molecule has 4 heteroatoms. The number of rotatable bonds is 5. The van der Waals surface area contributed by atoms with Crippen molar-refractivity contribution in [1.29, 1.82) is 0 Å². The van der Waals surface area contributed by atoms with Crippen molar-refractivity contribution in [3.63, 3.8) is 0 Å². The van der Waals surface area contributed by atoms with Gasteiger partial charge in [-0.1, -0.05) is 19.4 Å². The van der Waals surface area contributed by atoms with Gasteiger partial charge in [-0.2, -0.15) is 0 Å². The number of carbonyl (C=O) groups is 1. The van der Waals surface area contributed by atoms with E-state index in [1.807, 2.05) is 13.1 Å². The quantitative estimate of drug-likeness (QED) is 0.817. The monoisotopic (exact) mass is 251 g/mol. The van der Waals surface area contributed by atoms with E-state index in [0.29, 0.717) is 23.0 Å². The summed E-state index contributed by atoms with van der Waals surface area (Å²) < 4.78 is 10.3. The minimum Gasteiger partial charge on any atom is -0.465 e. The van der Waals surface area contributed by atoms with Gasteiger partial charge in [0.05, 0.1) is 7.11 Å². The molecule has 0 saturated carbocycles. The average Bonchev–Trinajstić information content (AvgIpc) is 2.68. The molecule has 100 valence electrons. The summed E-state index contributed by atoms with van der Waals surface area (Å²) in [6.07, 6.45) is 1.97. The fourth-order valence-electron chi connectivity index (χ4n) is 1.70. The summed E-state index contributed by atoms with van der Waals surface area (Å²) in [7, 11) is 3.27. The molecule has 0 bridgehead atoms. The summed E-state index contributed by atoms with van der Waals surface area (Å²) in [4.78, 5) is 11.5. The molecule has 0 aliphatic heterocycles. The average molecular weight is 251 g/mol. The summed E-state index contributed by atoms with van der Waals surface area (Å²) in [6, 6.07) is 1.72. The summed E-state index contributed by atoms with van der Waals surface area (Å²) >= 11 is 0. The third-order valence-corrected chi connectivity index (χ3v) is 2.79. The maximum absolute atomic E-state index is 11.5. The molecule has 18 heavy (non-hydrogen) atoms. The van der Waals surface area contributed by atoms with Gasteiger partial charge in [0.25, 0.3) is 0 Å². The highest BCUT2D eigenvalue weighted by molar-refractivity contribution is 5.91. The van der Waals surface area contributed by atoms with E-state index in [-0.39, 0.29) is 5.97 Å². The normalized spacial score (nSPS) is 12.0. The van der Waals surface area contributed by atoms with Crippen molar-refractivity contribution < 1.29 is 13.9 Å². The number of ether oxygens (including phenoxy) is 1. The van der Waals surface area contributed by atoms with Gasteiger partial charge in [-0.25, -0.2) is 4.79 Å². The van der Waals surface area contributed by atoms with Crippen LogP contribution >= 0.6 is 0 Å². The van der Waals surface area contributed by atoms with E-state index in [1.54, 1.807) is 13.0 Å². The van der Waals surface area contributed by atoms with Crippen LogP contribution in [-0.2, 0) is 4.74 Å². The maximum atomic E-state index is 11.5. The highest BCUT2D eigenvalue weighted by Crippen LogP contribution is 2.20. The van der Waals surface area contributed by atoms with Crippen LogP contribution in [0.3, 0.4) is 0 Å². The number of nitrogens with one attached hydrogen (secondary N) is 1. The maximum Gasteiger partial charge on any atom is 0.341 e. The molecule has 0 spiro atoms. The molecule has 0 aliphatic carbocycles. The second-order valence-electron chi connectivity index (χ2n) is 4.51. The third-order valence-electron chi connectivity index (χ3n) is 2.79. The van der Waals surface area contributed by atoms with Crippen molar-refractivity contribution in [1.82, 2.24) is 5.32 Å². The second kappa shape index (κ2) is 6.40. The Labute approximate surface area is 108 Å². The van der Waals surface area contributed by atoms with Gasteiger partial charge in [0, 0.05) is 6.54 Å². The Balaban J connectivity index is 3.03. The molecule has 4 nitrogen and oxygen atoms in total. The van der Waals surface area contributed by atoms with Crippen molar-refractivity contribution in [3.8, 4) is 0 Å². The number of furan rings is 1. The van der Waals surface area contributed by atoms with Crippen molar-refractivity contribution in [3.05, 3.63) is 28.7 Å². The van der Waals surface area contributed by atoms with E-state index < -0.39 is 0 Å². The molecule has 0 aromatic carbocycles. The molecule has 0 saturated heterocycles. The Morgan fingerprint density at radius 3 is 2.72 bits per heavy atom. The van der Waals surface area contributed by atoms with Gasteiger partial charge in [0.2, 0.25) is 0 Å². The molecule has 0 unspecified atom stereocenters. The molecule has 1 aromatic rings. The molecular weight excluding hydrogens is 230 g/mol. The zero-order valence-electron chi connectivity index (χ0n) is 11.7. The van der Waals surface area contributed by atoms with Crippen LogP contribution in [0.1, 0.15) is 35.7 Å². The van der Waals surface area contributed by atoms with Crippen molar-refractivity contribution in [2.75, 3.05) is 20.7 Å². The number of hydrogen-bond donors (Lipinski definition) is 1. The lowest BCUT2D eigenvalue weighted by Gasteiger charge is -2.09. The van der Waals surface area contributed by atoms with Crippen LogP contribution in [0.5, 0.6) is 0 Å². The third kappa shape index (κ3) is 3.47. The largest absolute Gasteiger partial charge is 0.465 e. The lowest BCUT2D eigenvalue weighted by molar-refractivity contribution is 0.0599. The summed E-state index contributed by atoms with van der Waals surface area (Å²) in [5, 5.41) is 3.12. The number of esters is 1. The minimum absolute atomic E-state index is 0.365. The van der Waals surface area contributed by atoms with Crippen LogP contribution in [0.2, 0.25) is 0 Å². The molecule has 0 radical (unpaired) electrons. The first-order chi connectivity index (χ1) is 8.49. The lowest BCUT2D eigenvalue weighted by Crippen LogP contribution is -2.13. The Morgan fingerprint density at radius 2 is 2.22 bits per heavy atom. The molecule has 1 N–H and O–H groups in total. The summed E-state index contributed by atoms with van der Waals surface area (Å²) in [6.45, 7) is 6.81. The summed E-state index contributed by atoms with van der Waals surface area (Å²) in [5.74, 6) is 1.33. The molecule has 0 atom stereocenters. The smallest absolute Gasteiger partial charge is 0.341 e. The highest BCUT2D eigenvalue weighted by atomic mass is 16.5. The first kappa shape index (κ1) is 14.5. The van der Waals surface area contributed by atoms with E-state index in [4.69, 9.17) is 9.15 Å². The van der Waals surface area contributed by atoms with Gasteiger partial charge < -0.3 is 14.5 Å². The molecular formula is C14H21NO3. The zero-order chi connectivity index (χ0) is 13.7. The van der Waals surface area contributed by atoms with Crippen LogP contribution in [-0.4, -0.2) is 26.7 Å². The van der Waals surface area contributed by atoms with Crippen LogP contribution in [0, 0.1) is 12.8 Å². The van der Waals surface area contributed by atoms with Crippen LogP contribution < -0.4 is 5.32 Å². The SMILES string of the molecule is CNCC(=Cc1cc(C(=O)OC)c(C)o1)C(C)C. The number of hydrogen-bond acceptors (Lipinski definition) is 4. The number of methoxy groups -OCH3 is 1. The van der Waals surface area contributed by atoms with Gasteiger partial charge in [0.1, 0.15) is 17.1 Å². The predicted octanol–water partition coefficient (Wildman–Crippen LogP) is 2.63.